The Bertz CT molecular complexity index is 233. The molecule has 0 bridgehead atoms. The Balaban J connectivity index is 1.77. The normalized spacial score (nSPS) is 33.2. The standard InChI is InChI=1S/C13H23ClO3/c1-15-8-9-16-6-4-13(10-14)5-7-17-12(13)11-2-3-11/h11-12H,2-10H2,1H3. The van der Waals surface area contributed by atoms with Gasteiger partial charge in [0, 0.05) is 31.6 Å². The molecule has 3 nitrogen and oxygen atoms in total. The van der Waals surface area contributed by atoms with E-state index in [1.165, 1.54) is 12.8 Å². The van der Waals surface area contributed by atoms with Crippen LogP contribution >= 0.6 is 11.6 Å². The molecule has 2 unspecified atom stereocenters. The van der Waals surface area contributed by atoms with Crippen molar-refractivity contribution < 1.29 is 14.2 Å². The van der Waals surface area contributed by atoms with Crippen molar-refractivity contribution in [2.45, 2.75) is 31.8 Å². The van der Waals surface area contributed by atoms with E-state index in [0.29, 0.717) is 25.2 Å². The number of alkyl halides is 1. The Morgan fingerprint density at radius 1 is 1.29 bits per heavy atom. The number of ether oxygens (including phenoxy) is 3. The van der Waals surface area contributed by atoms with Crippen molar-refractivity contribution in [1.82, 2.24) is 0 Å². The van der Waals surface area contributed by atoms with E-state index in [-0.39, 0.29) is 5.41 Å². The van der Waals surface area contributed by atoms with E-state index >= 15 is 0 Å². The second-order valence-corrected chi connectivity index (χ2v) is 5.50. The molecule has 1 saturated carbocycles. The van der Waals surface area contributed by atoms with Crippen LogP contribution in [0.25, 0.3) is 0 Å². The number of halogens is 1. The molecule has 2 atom stereocenters. The molecule has 1 aliphatic carbocycles. The van der Waals surface area contributed by atoms with Crippen LogP contribution in [0, 0.1) is 11.3 Å². The van der Waals surface area contributed by atoms with Gasteiger partial charge in [-0.2, -0.15) is 0 Å². The van der Waals surface area contributed by atoms with E-state index in [1.54, 1.807) is 7.11 Å². The molecule has 0 spiro atoms. The largest absolute Gasteiger partial charge is 0.382 e. The van der Waals surface area contributed by atoms with Crippen molar-refractivity contribution in [2.24, 2.45) is 11.3 Å². The van der Waals surface area contributed by atoms with E-state index in [4.69, 9.17) is 25.8 Å². The lowest BCUT2D eigenvalue weighted by Gasteiger charge is -2.32. The van der Waals surface area contributed by atoms with Gasteiger partial charge in [-0.15, -0.1) is 11.6 Å². The predicted molar refractivity (Wildman–Crippen MR) is 67.5 cm³/mol. The first-order valence-electron chi connectivity index (χ1n) is 6.57. The van der Waals surface area contributed by atoms with E-state index in [0.717, 1.165) is 32.0 Å². The summed E-state index contributed by atoms with van der Waals surface area (Å²) in [4.78, 5) is 0. The summed E-state index contributed by atoms with van der Waals surface area (Å²) in [6, 6.07) is 0. The molecule has 2 rings (SSSR count). The lowest BCUT2D eigenvalue weighted by atomic mass is 9.78. The van der Waals surface area contributed by atoms with Gasteiger partial charge in [0.2, 0.25) is 0 Å². The average Bonchev–Trinajstić information content (AvgIpc) is 3.10. The molecular weight excluding hydrogens is 240 g/mol. The van der Waals surface area contributed by atoms with Gasteiger partial charge >= 0.3 is 0 Å². The fraction of sp³-hybridized carbons (Fsp3) is 1.00. The number of rotatable bonds is 8. The lowest BCUT2D eigenvalue weighted by molar-refractivity contribution is 0.0109. The smallest absolute Gasteiger partial charge is 0.0700 e. The van der Waals surface area contributed by atoms with Crippen LogP contribution in [0.2, 0.25) is 0 Å². The predicted octanol–water partition coefficient (Wildman–Crippen LogP) is 2.46. The molecule has 1 heterocycles. The highest BCUT2D eigenvalue weighted by molar-refractivity contribution is 6.18. The molecule has 0 N–H and O–H groups in total. The van der Waals surface area contributed by atoms with Crippen molar-refractivity contribution in [3.8, 4) is 0 Å². The SMILES string of the molecule is COCCOCCC1(CCl)CCOC1C1CC1. The molecule has 0 aromatic carbocycles. The number of methoxy groups -OCH3 is 1. The highest BCUT2D eigenvalue weighted by Gasteiger charge is 2.50. The lowest BCUT2D eigenvalue weighted by Crippen LogP contribution is -2.35. The van der Waals surface area contributed by atoms with Gasteiger partial charge in [0.25, 0.3) is 0 Å². The van der Waals surface area contributed by atoms with Gasteiger partial charge in [0.15, 0.2) is 0 Å². The molecule has 0 radical (unpaired) electrons. The van der Waals surface area contributed by atoms with Gasteiger partial charge in [0.1, 0.15) is 0 Å². The molecule has 2 aliphatic rings. The number of hydrogen-bond acceptors (Lipinski definition) is 3. The van der Waals surface area contributed by atoms with E-state index in [1.807, 2.05) is 0 Å². The molecule has 2 fully saturated rings. The first-order valence-corrected chi connectivity index (χ1v) is 7.10. The van der Waals surface area contributed by atoms with Crippen molar-refractivity contribution in [3.05, 3.63) is 0 Å². The Kier molecular flexibility index (Phi) is 5.10. The fourth-order valence-corrected chi connectivity index (χ4v) is 3.16. The Morgan fingerprint density at radius 3 is 2.76 bits per heavy atom. The molecule has 4 heteroatoms. The maximum atomic E-state index is 6.21. The van der Waals surface area contributed by atoms with Gasteiger partial charge in [0.05, 0.1) is 19.3 Å². The van der Waals surface area contributed by atoms with Crippen molar-refractivity contribution in [2.75, 3.05) is 39.4 Å². The summed E-state index contributed by atoms with van der Waals surface area (Å²) >= 11 is 6.21. The molecule has 100 valence electrons. The third-order valence-corrected chi connectivity index (χ3v) is 4.53. The van der Waals surface area contributed by atoms with Crippen LogP contribution in [0.5, 0.6) is 0 Å². The summed E-state index contributed by atoms with van der Waals surface area (Å²) < 4.78 is 16.4. The van der Waals surface area contributed by atoms with Crippen LogP contribution in [0.15, 0.2) is 0 Å². The Labute approximate surface area is 109 Å². The van der Waals surface area contributed by atoms with E-state index in [9.17, 15) is 0 Å². The minimum absolute atomic E-state index is 0.162. The fourth-order valence-electron chi connectivity index (χ4n) is 2.74. The molecule has 0 aromatic heterocycles. The van der Waals surface area contributed by atoms with Crippen molar-refractivity contribution in [3.63, 3.8) is 0 Å². The summed E-state index contributed by atoms with van der Waals surface area (Å²) in [5.41, 5.74) is 0.162. The van der Waals surface area contributed by atoms with Crippen molar-refractivity contribution >= 4 is 11.6 Å². The van der Waals surface area contributed by atoms with Crippen molar-refractivity contribution in [1.29, 1.82) is 0 Å². The highest BCUT2D eigenvalue weighted by atomic mass is 35.5. The van der Waals surface area contributed by atoms with Crippen LogP contribution < -0.4 is 0 Å². The Morgan fingerprint density at radius 2 is 2.12 bits per heavy atom. The minimum atomic E-state index is 0.162. The molecule has 1 saturated heterocycles. The Hall–Kier alpha value is 0.170. The molecule has 0 amide bonds. The van der Waals surface area contributed by atoms with Crippen LogP contribution in [0.1, 0.15) is 25.7 Å². The second kappa shape index (κ2) is 6.37. The second-order valence-electron chi connectivity index (χ2n) is 5.23. The quantitative estimate of drug-likeness (QED) is 0.497. The first kappa shape index (κ1) is 13.6. The third kappa shape index (κ3) is 3.34. The maximum absolute atomic E-state index is 6.21. The molecule has 0 aromatic rings. The van der Waals surface area contributed by atoms with Gasteiger partial charge < -0.3 is 14.2 Å². The van der Waals surface area contributed by atoms with Crippen LogP contribution in [0.4, 0.5) is 0 Å². The summed E-state index contributed by atoms with van der Waals surface area (Å²) in [5.74, 6) is 1.46. The van der Waals surface area contributed by atoms with Gasteiger partial charge in [-0.05, 0) is 31.6 Å². The van der Waals surface area contributed by atoms with Gasteiger partial charge in [-0.3, -0.25) is 0 Å². The molecule has 17 heavy (non-hydrogen) atoms. The zero-order chi connectivity index (χ0) is 12.1. The maximum Gasteiger partial charge on any atom is 0.0700 e. The monoisotopic (exact) mass is 262 g/mol. The average molecular weight is 263 g/mol. The summed E-state index contributed by atoms with van der Waals surface area (Å²) in [6.45, 7) is 2.97. The summed E-state index contributed by atoms with van der Waals surface area (Å²) in [5, 5.41) is 0. The summed E-state index contributed by atoms with van der Waals surface area (Å²) in [7, 11) is 1.69. The minimum Gasteiger partial charge on any atom is -0.382 e. The topological polar surface area (TPSA) is 27.7 Å². The third-order valence-electron chi connectivity index (χ3n) is 3.99. The zero-order valence-corrected chi connectivity index (χ0v) is 11.4. The van der Waals surface area contributed by atoms with Crippen LogP contribution in [-0.4, -0.2) is 45.5 Å². The highest BCUT2D eigenvalue weighted by Crippen LogP contribution is 2.50. The molecular formula is C13H23ClO3. The number of hydrogen-bond donors (Lipinski definition) is 0. The van der Waals surface area contributed by atoms with Gasteiger partial charge in [-0.1, -0.05) is 0 Å². The molecule has 1 aliphatic heterocycles. The van der Waals surface area contributed by atoms with Crippen LogP contribution in [-0.2, 0) is 14.2 Å². The first-order chi connectivity index (χ1) is 8.32. The summed E-state index contributed by atoms with van der Waals surface area (Å²) in [6.07, 6.45) is 5.11. The van der Waals surface area contributed by atoms with Gasteiger partial charge in [-0.25, -0.2) is 0 Å². The zero-order valence-electron chi connectivity index (χ0n) is 10.6. The van der Waals surface area contributed by atoms with E-state index in [2.05, 4.69) is 0 Å². The van der Waals surface area contributed by atoms with E-state index < -0.39 is 0 Å². The van der Waals surface area contributed by atoms with Crippen LogP contribution in [0.3, 0.4) is 0 Å².